The first-order chi connectivity index (χ1) is 13.5. The second-order valence-corrected chi connectivity index (χ2v) is 7.68. The van der Waals surface area contributed by atoms with Gasteiger partial charge < -0.3 is 20.4 Å². The number of ether oxygens (including phenoxy) is 1. The van der Waals surface area contributed by atoms with Crippen molar-refractivity contribution >= 4 is 34.7 Å². The second kappa shape index (κ2) is 9.22. The molecule has 0 saturated heterocycles. The van der Waals surface area contributed by atoms with Crippen molar-refractivity contribution in [3.8, 4) is 0 Å². The molecule has 0 aliphatic carbocycles. The van der Waals surface area contributed by atoms with Crippen LogP contribution in [0.3, 0.4) is 0 Å². The van der Waals surface area contributed by atoms with Crippen LogP contribution in [0.15, 0.2) is 30.5 Å². The first kappa shape index (κ1) is 21.9. The molecular weight excluding hydrogens is 376 g/mol. The maximum Gasteiger partial charge on any atom is 0.329 e. The Bertz CT molecular complexity index is 913. The third-order valence-corrected chi connectivity index (χ3v) is 3.85. The number of urea groups is 1. The predicted molar refractivity (Wildman–Crippen MR) is 107 cm³/mol. The normalized spacial score (nSPS) is 12.1. The second-order valence-electron chi connectivity index (χ2n) is 7.68. The molecule has 1 atom stereocenters. The topological polar surface area (TPSA) is 129 Å². The van der Waals surface area contributed by atoms with E-state index in [1.807, 2.05) is 24.3 Å². The lowest BCUT2D eigenvalue weighted by molar-refractivity contribution is -0.151. The van der Waals surface area contributed by atoms with Crippen LogP contribution in [-0.2, 0) is 25.5 Å². The molecule has 1 heterocycles. The summed E-state index contributed by atoms with van der Waals surface area (Å²) in [5.74, 6) is -1.94. The molecule has 1 aromatic carbocycles. The maximum atomic E-state index is 12.4. The molecule has 2 rings (SSSR count). The summed E-state index contributed by atoms with van der Waals surface area (Å²) in [7, 11) is 0. The van der Waals surface area contributed by atoms with E-state index in [0.29, 0.717) is 0 Å². The summed E-state index contributed by atoms with van der Waals surface area (Å²) in [5.41, 5.74) is 1.21. The Labute approximate surface area is 168 Å². The number of H-pyrrole nitrogens is 1. The van der Waals surface area contributed by atoms with Crippen molar-refractivity contribution < 1.29 is 23.9 Å². The standard InChI is InChI=1S/C20H26N4O5/c1-12(25)22-16(9-13-10-21-15-8-6-5-7-14(13)15)18(27)29-11-17(26)23-19(28)24-20(2,3)4/h5-8,10,16,21H,9,11H2,1-4H3,(H,22,25)(H2,23,24,26,28)/t16-/m0/s1. The van der Waals surface area contributed by atoms with Gasteiger partial charge in [-0.3, -0.25) is 14.9 Å². The molecule has 9 nitrogen and oxygen atoms in total. The Balaban J connectivity index is 1.97. The van der Waals surface area contributed by atoms with Crippen LogP contribution in [-0.4, -0.2) is 47.0 Å². The predicted octanol–water partition coefficient (Wildman–Crippen LogP) is 1.38. The molecule has 2 aromatic rings. The summed E-state index contributed by atoms with van der Waals surface area (Å²) in [6.07, 6.45) is 1.95. The summed E-state index contributed by atoms with van der Waals surface area (Å²) >= 11 is 0. The average Bonchev–Trinajstić information content (AvgIpc) is 3.00. The van der Waals surface area contributed by atoms with Crippen LogP contribution in [0.1, 0.15) is 33.3 Å². The number of esters is 1. The summed E-state index contributed by atoms with van der Waals surface area (Å²) in [6.45, 7) is 5.94. The van der Waals surface area contributed by atoms with Crippen molar-refractivity contribution in [1.29, 1.82) is 0 Å². The van der Waals surface area contributed by atoms with Gasteiger partial charge in [0, 0.05) is 36.0 Å². The Morgan fingerprint density at radius 2 is 1.83 bits per heavy atom. The molecule has 29 heavy (non-hydrogen) atoms. The Morgan fingerprint density at radius 3 is 2.48 bits per heavy atom. The highest BCUT2D eigenvalue weighted by atomic mass is 16.5. The minimum Gasteiger partial charge on any atom is -0.454 e. The fourth-order valence-corrected chi connectivity index (χ4v) is 2.73. The highest BCUT2D eigenvalue weighted by Gasteiger charge is 2.24. The fraction of sp³-hybridized carbons (Fsp3) is 0.400. The van der Waals surface area contributed by atoms with Crippen LogP contribution in [0.4, 0.5) is 4.79 Å². The van der Waals surface area contributed by atoms with Crippen LogP contribution < -0.4 is 16.0 Å². The van der Waals surface area contributed by atoms with Gasteiger partial charge in [0.15, 0.2) is 6.61 Å². The van der Waals surface area contributed by atoms with E-state index < -0.39 is 42.0 Å². The molecular formula is C20H26N4O5. The summed E-state index contributed by atoms with van der Waals surface area (Å²) in [5, 5.41) is 8.11. The molecule has 0 spiro atoms. The van der Waals surface area contributed by atoms with Crippen LogP contribution in [0.5, 0.6) is 0 Å². The van der Waals surface area contributed by atoms with E-state index in [4.69, 9.17) is 4.74 Å². The van der Waals surface area contributed by atoms with Crippen molar-refractivity contribution in [2.45, 2.75) is 45.7 Å². The van der Waals surface area contributed by atoms with Crippen LogP contribution in [0.25, 0.3) is 10.9 Å². The molecule has 0 aliphatic heterocycles. The van der Waals surface area contributed by atoms with Gasteiger partial charge in [-0.15, -0.1) is 0 Å². The summed E-state index contributed by atoms with van der Waals surface area (Å²) in [6, 6.07) is 5.91. The number of amides is 4. The molecule has 0 aliphatic rings. The van der Waals surface area contributed by atoms with Gasteiger partial charge in [0.2, 0.25) is 5.91 Å². The third kappa shape index (κ3) is 6.95. The molecule has 4 amide bonds. The molecule has 0 saturated carbocycles. The third-order valence-electron chi connectivity index (χ3n) is 3.85. The number of hydrogen-bond acceptors (Lipinski definition) is 5. The van der Waals surface area contributed by atoms with E-state index in [-0.39, 0.29) is 6.42 Å². The highest BCUT2D eigenvalue weighted by Crippen LogP contribution is 2.19. The number of nitrogens with one attached hydrogen (secondary N) is 4. The van der Waals surface area contributed by atoms with Crippen LogP contribution in [0, 0.1) is 0 Å². The number of fused-ring (bicyclic) bond motifs is 1. The fourth-order valence-electron chi connectivity index (χ4n) is 2.73. The number of hydrogen-bond donors (Lipinski definition) is 4. The number of rotatable bonds is 6. The maximum absolute atomic E-state index is 12.4. The lowest BCUT2D eigenvalue weighted by Gasteiger charge is -2.20. The van der Waals surface area contributed by atoms with Crippen molar-refractivity contribution in [2.75, 3.05) is 6.61 Å². The Hall–Kier alpha value is -3.36. The number of carbonyl (C=O) groups is 4. The first-order valence-electron chi connectivity index (χ1n) is 9.16. The van der Waals surface area contributed by atoms with E-state index >= 15 is 0 Å². The SMILES string of the molecule is CC(=O)N[C@@H](Cc1c[nH]c2ccccc12)C(=O)OCC(=O)NC(=O)NC(C)(C)C. The molecule has 0 unspecified atom stereocenters. The minimum atomic E-state index is -0.970. The van der Waals surface area contributed by atoms with Crippen molar-refractivity contribution in [1.82, 2.24) is 20.9 Å². The van der Waals surface area contributed by atoms with E-state index in [1.54, 1.807) is 27.0 Å². The van der Waals surface area contributed by atoms with E-state index in [1.165, 1.54) is 6.92 Å². The highest BCUT2D eigenvalue weighted by molar-refractivity contribution is 5.96. The Kier molecular flexibility index (Phi) is 6.98. The van der Waals surface area contributed by atoms with Crippen LogP contribution >= 0.6 is 0 Å². The zero-order chi connectivity index (χ0) is 21.6. The number of imide groups is 1. The average molecular weight is 402 g/mol. The summed E-state index contributed by atoms with van der Waals surface area (Å²) in [4.78, 5) is 50.6. The monoisotopic (exact) mass is 402 g/mol. The van der Waals surface area contributed by atoms with Gasteiger partial charge in [0.25, 0.3) is 5.91 Å². The molecule has 0 radical (unpaired) electrons. The van der Waals surface area contributed by atoms with Crippen molar-refractivity contribution in [3.63, 3.8) is 0 Å². The van der Waals surface area contributed by atoms with E-state index in [9.17, 15) is 19.2 Å². The number of benzene rings is 1. The van der Waals surface area contributed by atoms with Gasteiger partial charge in [-0.2, -0.15) is 0 Å². The molecule has 156 valence electrons. The summed E-state index contributed by atoms with van der Waals surface area (Å²) < 4.78 is 5.00. The number of para-hydroxylation sites is 1. The smallest absolute Gasteiger partial charge is 0.329 e. The van der Waals surface area contributed by atoms with E-state index in [0.717, 1.165) is 16.5 Å². The van der Waals surface area contributed by atoms with Gasteiger partial charge in [-0.25, -0.2) is 9.59 Å². The van der Waals surface area contributed by atoms with Crippen molar-refractivity contribution in [2.24, 2.45) is 0 Å². The molecule has 4 N–H and O–H groups in total. The molecule has 0 fully saturated rings. The zero-order valence-electron chi connectivity index (χ0n) is 16.9. The van der Waals surface area contributed by atoms with Gasteiger partial charge in [-0.05, 0) is 32.4 Å². The van der Waals surface area contributed by atoms with Gasteiger partial charge >= 0.3 is 12.0 Å². The van der Waals surface area contributed by atoms with Gasteiger partial charge in [0.1, 0.15) is 6.04 Å². The van der Waals surface area contributed by atoms with E-state index in [2.05, 4.69) is 20.9 Å². The first-order valence-corrected chi connectivity index (χ1v) is 9.16. The van der Waals surface area contributed by atoms with Gasteiger partial charge in [0.05, 0.1) is 0 Å². The number of aromatic amines is 1. The van der Waals surface area contributed by atoms with Gasteiger partial charge in [-0.1, -0.05) is 18.2 Å². The molecule has 1 aromatic heterocycles. The zero-order valence-corrected chi connectivity index (χ0v) is 16.9. The van der Waals surface area contributed by atoms with Crippen LogP contribution in [0.2, 0.25) is 0 Å². The lowest BCUT2D eigenvalue weighted by Crippen LogP contribution is -2.49. The quantitative estimate of drug-likeness (QED) is 0.543. The number of carbonyl (C=O) groups excluding carboxylic acids is 4. The number of aromatic nitrogens is 1. The molecule has 9 heteroatoms. The lowest BCUT2D eigenvalue weighted by atomic mass is 10.0. The van der Waals surface area contributed by atoms with Crippen molar-refractivity contribution in [3.05, 3.63) is 36.0 Å². The Morgan fingerprint density at radius 1 is 1.14 bits per heavy atom. The largest absolute Gasteiger partial charge is 0.454 e. The molecule has 0 bridgehead atoms. The minimum absolute atomic E-state index is 0.189.